The lowest BCUT2D eigenvalue weighted by atomic mass is 10.2. The highest BCUT2D eigenvalue weighted by Gasteiger charge is 2.07. The van der Waals surface area contributed by atoms with Crippen molar-refractivity contribution in [2.75, 3.05) is 0 Å². The summed E-state index contributed by atoms with van der Waals surface area (Å²) in [6, 6.07) is 15.1. The largest absolute Gasteiger partial charge is 0.259 e. The van der Waals surface area contributed by atoms with Crippen LogP contribution >= 0.6 is 23.2 Å². The van der Waals surface area contributed by atoms with Crippen LogP contribution in [0.3, 0.4) is 0 Å². The van der Waals surface area contributed by atoms with E-state index in [2.05, 4.69) is 0 Å². The molecule has 0 radical (unpaired) electrons. The second-order valence-corrected chi connectivity index (χ2v) is 6.25. The average Bonchev–Trinajstić information content (AvgIpc) is 2.34. The maximum absolute atomic E-state index is 12.0. The van der Waals surface area contributed by atoms with Crippen molar-refractivity contribution < 1.29 is 4.21 Å². The Hall–Kier alpha value is -0.830. The molecule has 0 amide bonds. The minimum atomic E-state index is -0.966. The Morgan fingerprint density at radius 1 is 0.944 bits per heavy atom. The van der Waals surface area contributed by atoms with E-state index in [9.17, 15) is 4.21 Å². The Bertz CT molecular complexity index is 555. The molecule has 0 fully saturated rings. The summed E-state index contributed by atoms with van der Waals surface area (Å²) in [6.07, 6.45) is 0. The monoisotopic (exact) mass is 298 g/mol. The van der Waals surface area contributed by atoms with Crippen LogP contribution in [0.25, 0.3) is 0 Å². The van der Waals surface area contributed by atoms with Crippen LogP contribution in [-0.4, -0.2) is 4.21 Å². The summed E-state index contributed by atoms with van der Waals surface area (Å²) in [5, 5.41) is 1.17. The highest BCUT2D eigenvalue weighted by atomic mass is 35.5. The lowest BCUT2D eigenvalue weighted by Crippen LogP contribution is -2.00. The lowest BCUT2D eigenvalue weighted by molar-refractivity contribution is 0.682. The van der Waals surface area contributed by atoms with Crippen molar-refractivity contribution in [2.24, 2.45) is 0 Å². The number of rotatable bonds is 4. The van der Waals surface area contributed by atoms with Crippen molar-refractivity contribution in [1.29, 1.82) is 0 Å². The molecule has 0 aromatic heterocycles. The summed E-state index contributed by atoms with van der Waals surface area (Å²) < 4.78 is 12.0. The fourth-order valence-electron chi connectivity index (χ4n) is 1.62. The average molecular weight is 299 g/mol. The van der Waals surface area contributed by atoms with Crippen molar-refractivity contribution in [3.63, 3.8) is 0 Å². The predicted octanol–water partition coefficient (Wildman–Crippen LogP) is 4.44. The summed E-state index contributed by atoms with van der Waals surface area (Å²) in [7, 11) is -0.966. The third-order valence-corrected chi connectivity index (χ3v) is 4.38. The summed E-state index contributed by atoms with van der Waals surface area (Å²) in [5.74, 6) is 0.991. The molecule has 4 heteroatoms. The van der Waals surface area contributed by atoms with Crippen LogP contribution < -0.4 is 0 Å². The number of hydrogen-bond acceptors (Lipinski definition) is 1. The van der Waals surface area contributed by atoms with E-state index in [1.165, 1.54) is 0 Å². The van der Waals surface area contributed by atoms with Gasteiger partial charge in [0.05, 0.1) is 5.75 Å². The van der Waals surface area contributed by atoms with Crippen LogP contribution in [0.2, 0.25) is 10.0 Å². The van der Waals surface area contributed by atoms with E-state index in [1.807, 2.05) is 36.4 Å². The predicted molar refractivity (Wildman–Crippen MR) is 78.5 cm³/mol. The third-order valence-electron chi connectivity index (χ3n) is 2.50. The van der Waals surface area contributed by atoms with Crippen molar-refractivity contribution in [2.45, 2.75) is 11.5 Å². The fraction of sp³-hybridized carbons (Fsp3) is 0.143. The molecule has 0 unspecified atom stereocenters. The Morgan fingerprint density at radius 3 is 2.33 bits per heavy atom. The first-order valence-electron chi connectivity index (χ1n) is 5.48. The SMILES string of the molecule is O=[S@](Cc1ccccc1)Cc1ccc(Cl)cc1Cl. The van der Waals surface area contributed by atoms with Crippen LogP contribution in [0, 0.1) is 0 Å². The minimum Gasteiger partial charge on any atom is -0.259 e. The van der Waals surface area contributed by atoms with E-state index >= 15 is 0 Å². The smallest absolute Gasteiger partial charge is 0.0503 e. The van der Waals surface area contributed by atoms with E-state index in [0.717, 1.165) is 11.1 Å². The van der Waals surface area contributed by atoms with Gasteiger partial charge in [0.25, 0.3) is 0 Å². The van der Waals surface area contributed by atoms with Crippen molar-refractivity contribution in [3.05, 3.63) is 69.7 Å². The highest BCUT2D eigenvalue weighted by molar-refractivity contribution is 7.83. The first-order valence-corrected chi connectivity index (χ1v) is 7.72. The second-order valence-electron chi connectivity index (χ2n) is 3.95. The van der Waals surface area contributed by atoms with Gasteiger partial charge < -0.3 is 0 Å². The minimum absolute atomic E-state index is 0.449. The molecule has 18 heavy (non-hydrogen) atoms. The Kier molecular flexibility index (Phi) is 4.81. The van der Waals surface area contributed by atoms with Crippen LogP contribution in [0.15, 0.2) is 48.5 Å². The summed E-state index contributed by atoms with van der Waals surface area (Å²) in [4.78, 5) is 0. The van der Waals surface area contributed by atoms with E-state index in [4.69, 9.17) is 23.2 Å². The summed E-state index contributed by atoms with van der Waals surface area (Å²) in [5.41, 5.74) is 1.94. The number of benzene rings is 2. The molecule has 0 aliphatic rings. The van der Waals surface area contributed by atoms with Crippen LogP contribution in [-0.2, 0) is 22.3 Å². The quantitative estimate of drug-likeness (QED) is 0.815. The molecule has 0 bridgehead atoms. The van der Waals surface area contributed by atoms with Crippen LogP contribution in [0.1, 0.15) is 11.1 Å². The molecule has 1 atom stereocenters. The molecular formula is C14H12Cl2OS. The van der Waals surface area contributed by atoms with Gasteiger partial charge in [-0.15, -0.1) is 0 Å². The van der Waals surface area contributed by atoms with Gasteiger partial charge in [0.1, 0.15) is 0 Å². The maximum atomic E-state index is 12.0. The zero-order valence-electron chi connectivity index (χ0n) is 9.61. The molecule has 2 aromatic rings. The molecule has 2 rings (SSSR count). The zero-order valence-corrected chi connectivity index (χ0v) is 11.9. The highest BCUT2D eigenvalue weighted by Crippen LogP contribution is 2.22. The standard InChI is InChI=1S/C14H12Cl2OS/c15-13-7-6-12(14(16)8-13)10-18(17)9-11-4-2-1-3-5-11/h1-8H,9-10H2/t18-/m1/s1. The molecule has 0 saturated heterocycles. The molecule has 0 spiro atoms. The Labute approximate surface area is 119 Å². The molecule has 0 aliphatic heterocycles. The number of hydrogen-bond donors (Lipinski definition) is 0. The van der Waals surface area contributed by atoms with E-state index < -0.39 is 10.8 Å². The van der Waals surface area contributed by atoms with Gasteiger partial charge in [0, 0.05) is 26.6 Å². The maximum Gasteiger partial charge on any atom is 0.0503 e. The lowest BCUT2D eigenvalue weighted by Gasteiger charge is -2.05. The van der Waals surface area contributed by atoms with E-state index in [1.54, 1.807) is 12.1 Å². The normalized spacial score (nSPS) is 12.3. The van der Waals surface area contributed by atoms with Crippen LogP contribution in [0.4, 0.5) is 0 Å². The van der Waals surface area contributed by atoms with Gasteiger partial charge in [0.2, 0.25) is 0 Å². The van der Waals surface area contributed by atoms with Crippen LogP contribution in [0.5, 0.6) is 0 Å². The molecular weight excluding hydrogens is 287 g/mol. The molecule has 1 nitrogen and oxygen atoms in total. The first kappa shape index (κ1) is 13.6. The van der Waals surface area contributed by atoms with Crippen molar-refractivity contribution in [3.8, 4) is 0 Å². The van der Waals surface area contributed by atoms with Gasteiger partial charge in [-0.3, -0.25) is 4.21 Å². The number of halogens is 2. The molecule has 0 N–H and O–H groups in total. The van der Waals surface area contributed by atoms with Crippen molar-refractivity contribution >= 4 is 34.0 Å². The molecule has 0 saturated carbocycles. The first-order chi connectivity index (χ1) is 8.65. The Balaban J connectivity index is 2.03. The Morgan fingerprint density at radius 2 is 1.67 bits per heavy atom. The van der Waals surface area contributed by atoms with E-state index in [-0.39, 0.29) is 0 Å². The second kappa shape index (κ2) is 6.37. The van der Waals surface area contributed by atoms with Gasteiger partial charge >= 0.3 is 0 Å². The van der Waals surface area contributed by atoms with Gasteiger partial charge in [-0.2, -0.15) is 0 Å². The molecule has 94 valence electrons. The molecule has 0 aliphatic carbocycles. The van der Waals surface area contributed by atoms with Crippen molar-refractivity contribution in [1.82, 2.24) is 0 Å². The topological polar surface area (TPSA) is 17.1 Å². The third kappa shape index (κ3) is 3.84. The summed E-state index contributed by atoms with van der Waals surface area (Å²) in [6.45, 7) is 0. The fourth-order valence-corrected chi connectivity index (χ4v) is 3.44. The molecule has 2 aromatic carbocycles. The zero-order chi connectivity index (χ0) is 13.0. The molecule has 0 heterocycles. The van der Waals surface area contributed by atoms with Gasteiger partial charge in [0.15, 0.2) is 0 Å². The van der Waals surface area contributed by atoms with Gasteiger partial charge in [-0.1, -0.05) is 59.6 Å². The van der Waals surface area contributed by atoms with Gasteiger partial charge in [-0.25, -0.2) is 0 Å². The summed E-state index contributed by atoms with van der Waals surface area (Å²) >= 11 is 11.9. The van der Waals surface area contributed by atoms with Gasteiger partial charge in [-0.05, 0) is 23.3 Å². The van der Waals surface area contributed by atoms with E-state index in [0.29, 0.717) is 21.6 Å².